The summed E-state index contributed by atoms with van der Waals surface area (Å²) in [6.45, 7) is 11.0. The fraction of sp³-hybridized carbons (Fsp3) is 0.163. The number of ether oxygens (including phenoxy) is 2. The van der Waals surface area contributed by atoms with Crippen LogP contribution >= 0.6 is 0 Å². The average molecular weight is 615 g/mol. The molecule has 0 spiro atoms. The second kappa shape index (κ2) is 11.4. The van der Waals surface area contributed by atoms with Crippen molar-refractivity contribution in [1.29, 1.82) is 0 Å². The molecule has 0 radical (unpaired) electrons. The Morgan fingerprint density at radius 1 is 0.532 bits per heavy atom. The average Bonchev–Trinajstić information content (AvgIpc) is 3.61. The lowest BCUT2D eigenvalue weighted by Crippen LogP contribution is -1.97. The van der Waals surface area contributed by atoms with Crippen molar-refractivity contribution >= 4 is 43.6 Å². The third-order valence-corrected chi connectivity index (χ3v) is 9.33. The van der Waals surface area contributed by atoms with Gasteiger partial charge in [0.1, 0.15) is 23.0 Å². The Hall–Kier alpha value is -5.48. The van der Waals surface area contributed by atoms with E-state index in [1.807, 2.05) is 18.2 Å². The van der Waals surface area contributed by atoms with Gasteiger partial charge in [-0.25, -0.2) is 0 Å². The standard InChI is InChI=1S/C43H38N2O2/c1-26(2)34-22-30(24-37-42(34)32-16-9-11-18-36(32)44-37)46-40-20-13-21-41(28(40)5)47-31-23-35(27(3)4)43-33-17-10-12-19-38(33)45(39(43)25-31)29-14-7-6-8-15-29/h6-27,44H,1-5H3. The van der Waals surface area contributed by atoms with Gasteiger partial charge in [-0.3, -0.25) is 0 Å². The van der Waals surface area contributed by atoms with E-state index >= 15 is 0 Å². The van der Waals surface area contributed by atoms with E-state index in [4.69, 9.17) is 9.47 Å². The first kappa shape index (κ1) is 29.0. The van der Waals surface area contributed by atoms with E-state index in [0.29, 0.717) is 11.8 Å². The topological polar surface area (TPSA) is 39.2 Å². The van der Waals surface area contributed by atoms with E-state index in [-0.39, 0.29) is 0 Å². The summed E-state index contributed by atoms with van der Waals surface area (Å²) in [4.78, 5) is 3.61. The van der Waals surface area contributed by atoms with Crippen LogP contribution in [0, 0.1) is 6.92 Å². The Balaban J connectivity index is 1.21. The maximum absolute atomic E-state index is 6.75. The highest BCUT2D eigenvalue weighted by Crippen LogP contribution is 2.42. The summed E-state index contributed by atoms with van der Waals surface area (Å²) in [7, 11) is 0. The van der Waals surface area contributed by atoms with E-state index in [9.17, 15) is 0 Å². The minimum absolute atomic E-state index is 0.307. The molecule has 2 aromatic heterocycles. The molecule has 0 atom stereocenters. The van der Waals surface area contributed by atoms with Crippen molar-refractivity contribution in [2.24, 2.45) is 0 Å². The second-order valence-corrected chi connectivity index (χ2v) is 13.1. The number of hydrogen-bond acceptors (Lipinski definition) is 2. The van der Waals surface area contributed by atoms with Crippen LogP contribution in [0.25, 0.3) is 49.3 Å². The number of fused-ring (bicyclic) bond motifs is 6. The van der Waals surface area contributed by atoms with Crippen molar-refractivity contribution < 1.29 is 9.47 Å². The molecule has 232 valence electrons. The smallest absolute Gasteiger partial charge is 0.134 e. The number of aromatic nitrogens is 2. The Labute approximate surface area is 275 Å². The third-order valence-electron chi connectivity index (χ3n) is 9.33. The number of rotatable bonds is 7. The predicted molar refractivity (Wildman–Crippen MR) is 196 cm³/mol. The molecule has 0 fully saturated rings. The second-order valence-electron chi connectivity index (χ2n) is 13.1. The lowest BCUT2D eigenvalue weighted by molar-refractivity contribution is 0.453. The van der Waals surface area contributed by atoms with E-state index in [1.54, 1.807) is 0 Å². The highest BCUT2D eigenvalue weighted by molar-refractivity contribution is 6.12. The molecular formula is C43H38N2O2. The van der Waals surface area contributed by atoms with Crippen molar-refractivity contribution in [3.8, 4) is 28.7 Å². The SMILES string of the molecule is Cc1c(Oc2cc(C(C)C)c3c(c2)[nH]c2ccccc23)cccc1Oc1cc(C(C)C)c2c3ccccc3n(-c3ccccc3)c2c1. The van der Waals surface area contributed by atoms with Crippen molar-refractivity contribution in [3.63, 3.8) is 0 Å². The van der Waals surface area contributed by atoms with Crippen LogP contribution in [0.2, 0.25) is 0 Å². The highest BCUT2D eigenvalue weighted by Gasteiger charge is 2.20. The molecule has 1 N–H and O–H groups in total. The number of H-pyrrole nitrogens is 1. The summed E-state index contributed by atoms with van der Waals surface area (Å²) in [6.07, 6.45) is 0. The van der Waals surface area contributed by atoms with Crippen molar-refractivity contribution in [1.82, 2.24) is 9.55 Å². The van der Waals surface area contributed by atoms with E-state index < -0.39 is 0 Å². The molecule has 0 amide bonds. The fourth-order valence-electron chi connectivity index (χ4n) is 7.05. The van der Waals surface area contributed by atoms with Gasteiger partial charge in [-0.05, 0) is 78.4 Å². The van der Waals surface area contributed by atoms with Gasteiger partial charge in [0.2, 0.25) is 0 Å². The first-order valence-electron chi connectivity index (χ1n) is 16.5. The summed E-state index contributed by atoms with van der Waals surface area (Å²) >= 11 is 0. The molecule has 0 aliphatic heterocycles. The number of hydrogen-bond donors (Lipinski definition) is 1. The third kappa shape index (κ3) is 4.92. The largest absolute Gasteiger partial charge is 0.457 e. The van der Waals surface area contributed by atoms with Gasteiger partial charge in [-0.2, -0.15) is 0 Å². The van der Waals surface area contributed by atoms with E-state index in [0.717, 1.165) is 50.8 Å². The van der Waals surface area contributed by atoms with Crippen LogP contribution in [0.3, 0.4) is 0 Å². The lowest BCUT2D eigenvalue weighted by Gasteiger charge is -2.17. The van der Waals surface area contributed by atoms with Gasteiger partial charge < -0.3 is 19.0 Å². The van der Waals surface area contributed by atoms with Crippen LogP contribution in [-0.4, -0.2) is 9.55 Å². The summed E-state index contributed by atoms with van der Waals surface area (Å²) in [6, 6.07) is 42.5. The van der Waals surface area contributed by atoms with Crippen LogP contribution in [0.5, 0.6) is 23.0 Å². The maximum Gasteiger partial charge on any atom is 0.134 e. The normalized spacial score (nSPS) is 11.9. The molecule has 4 heteroatoms. The zero-order valence-corrected chi connectivity index (χ0v) is 27.5. The lowest BCUT2D eigenvalue weighted by atomic mass is 9.96. The van der Waals surface area contributed by atoms with Crippen LogP contribution in [0.1, 0.15) is 56.2 Å². The van der Waals surface area contributed by atoms with Crippen LogP contribution in [-0.2, 0) is 0 Å². The number of para-hydroxylation sites is 3. The van der Waals surface area contributed by atoms with Crippen molar-refractivity contribution in [2.75, 3.05) is 0 Å². The molecule has 8 aromatic rings. The molecule has 0 aliphatic carbocycles. The Bertz CT molecular complexity index is 2430. The van der Waals surface area contributed by atoms with Gasteiger partial charge in [0.15, 0.2) is 0 Å². The van der Waals surface area contributed by atoms with Gasteiger partial charge in [0, 0.05) is 50.4 Å². The number of nitrogens with one attached hydrogen (secondary N) is 1. The zero-order chi connectivity index (χ0) is 32.2. The molecule has 0 saturated heterocycles. The molecule has 0 saturated carbocycles. The highest BCUT2D eigenvalue weighted by atomic mass is 16.5. The van der Waals surface area contributed by atoms with Gasteiger partial charge in [-0.15, -0.1) is 0 Å². The zero-order valence-electron chi connectivity index (χ0n) is 27.5. The summed E-state index contributed by atoms with van der Waals surface area (Å²) in [5.74, 6) is 3.81. The van der Waals surface area contributed by atoms with E-state index in [1.165, 1.54) is 38.2 Å². The van der Waals surface area contributed by atoms with Crippen molar-refractivity contribution in [2.45, 2.75) is 46.5 Å². The Morgan fingerprint density at radius 2 is 1.13 bits per heavy atom. The quantitative estimate of drug-likeness (QED) is 0.194. The summed E-state index contributed by atoms with van der Waals surface area (Å²) in [5, 5.41) is 5.03. The number of aromatic amines is 1. The molecule has 2 heterocycles. The van der Waals surface area contributed by atoms with Gasteiger partial charge in [0.05, 0.1) is 16.6 Å². The molecule has 0 aliphatic rings. The molecule has 4 nitrogen and oxygen atoms in total. The van der Waals surface area contributed by atoms with Crippen LogP contribution in [0.4, 0.5) is 0 Å². The molecule has 0 bridgehead atoms. The van der Waals surface area contributed by atoms with Gasteiger partial charge in [0.25, 0.3) is 0 Å². The minimum Gasteiger partial charge on any atom is -0.457 e. The molecule has 6 aromatic carbocycles. The molecular weight excluding hydrogens is 576 g/mol. The predicted octanol–water partition coefficient (Wildman–Crippen LogP) is 12.6. The molecule has 8 rings (SSSR count). The Kier molecular flexibility index (Phi) is 7.02. The van der Waals surface area contributed by atoms with E-state index in [2.05, 4.69) is 147 Å². The Morgan fingerprint density at radius 3 is 1.83 bits per heavy atom. The first-order valence-corrected chi connectivity index (χ1v) is 16.5. The number of nitrogens with zero attached hydrogens (tertiary/aromatic N) is 1. The summed E-state index contributed by atoms with van der Waals surface area (Å²) < 4.78 is 15.7. The first-order chi connectivity index (χ1) is 22.9. The maximum atomic E-state index is 6.75. The summed E-state index contributed by atoms with van der Waals surface area (Å²) in [5.41, 5.74) is 9.15. The fourth-order valence-corrected chi connectivity index (χ4v) is 7.05. The van der Waals surface area contributed by atoms with Crippen LogP contribution < -0.4 is 9.47 Å². The monoisotopic (exact) mass is 614 g/mol. The molecule has 47 heavy (non-hydrogen) atoms. The van der Waals surface area contributed by atoms with Crippen LogP contribution in [0.15, 0.2) is 121 Å². The number of benzene rings is 6. The molecule has 0 unspecified atom stereocenters. The van der Waals surface area contributed by atoms with Gasteiger partial charge >= 0.3 is 0 Å². The minimum atomic E-state index is 0.307. The van der Waals surface area contributed by atoms with Gasteiger partial charge in [-0.1, -0.05) is 88.4 Å². The van der Waals surface area contributed by atoms with Crippen molar-refractivity contribution in [3.05, 3.63) is 138 Å².